The molecule has 3 N–H and O–H groups in total. The Kier molecular flexibility index (Phi) is 10.3. The van der Waals surface area contributed by atoms with Gasteiger partial charge in [0.25, 0.3) is 5.91 Å². The minimum absolute atomic E-state index is 0.284. The molecule has 1 aliphatic carbocycles. The normalized spacial score (nSPS) is 19.3. The van der Waals surface area contributed by atoms with Crippen LogP contribution in [0.3, 0.4) is 0 Å². The van der Waals surface area contributed by atoms with Crippen LogP contribution in [-0.2, 0) is 17.9 Å². The van der Waals surface area contributed by atoms with Crippen molar-refractivity contribution in [3.8, 4) is 17.2 Å². The minimum atomic E-state index is -0.714. The molecule has 4 aromatic rings. The van der Waals surface area contributed by atoms with Crippen molar-refractivity contribution in [1.29, 1.82) is 5.26 Å². The summed E-state index contributed by atoms with van der Waals surface area (Å²) in [6.45, 7) is 8.33. The van der Waals surface area contributed by atoms with E-state index in [-0.39, 0.29) is 17.9 Å². The lowest BCUT2D eigenvalue weighted by molar-refractivity contribution is -0.141. The number of aliphatic hydroxyl groups excluding tert-OH is 1. The predicted octanol–water partition coefficient (Wildman–Crippen LogP) is 6.41. The number of carboxylic acids is 1. The molecule has 2 atom stereocenters. The molecule has 266 valence electrons. The highest BCUT2D eigenvalue weighted by atomic mass is 16.4. The van der Waals surface area contributed by atoms with Crippen LogP contribution in [0.4, 0.5) is 5.69 Å². The number of carbonyl (C=O) groups is 2. The second kappa shape index (κ2) is 15.2. The fourth-order valence-electron chi connectivity index (χ4n) is 7.51. The molecule has 3 fully saturated rings. The Morgan fingerprint density at radius 2 is 1.77 bits per heavy atom. The third-order valence-corrected chi connectivity index (χ3v) is 10.7. The van der Waals surface area contributed by atoms with Crippen LogP contribution in [0, 0.1) is 31.1 Å². The third-order valence-electron chi connectivity index (χ3n) is 10.7. The van der Waals surface area contributed by atoms with Crippen molar-refractivity contribution >= 4 is 29.7 Å². The van der Waals surface area contributed by atoms with E-state index in [1.165, 1.54) is 11.1 Å². The lowest BCUT2D eigenvalue weighted by atomic mass is 9.93. The first-order valence-electron chi connectivity index (χ1n) is 18.1. The van der Waals surface area contributed by atoms with Gasteiger partial charge in [0, 0.05) is 56.4 Å². The summed E-state index contributed by atoms with van der Waals surface area (Å²) in [6.07, 6.45) is 10.9. The van der Waals surface area contributed by atoms with Crippen molar-refractivity contribution in [2.45, 2.75) is 64.6 Å². The lowest BCUT2D eigenvalue weighted by Crippen LogP contribution is -2.23. The summed E-state index contributed by atoms with van der Waals surface area (Å²) in [6, 6.07) is 18.0. The van der Waals surface area contributed by atoms with Gasteiger partial charge in [-0.2, -0.15) is 5.26 Å². The molecule has 7 rings (SSSR count). The Bertz CT molecular complexity index is 2070. The number of aryl methyl sites for hydroxylation is 1. The fourth-order valence-corrected chi connectivity index (χ4v) is 7.51. The molecule has 2 aromatic carbocycles. The first kappa shape index (κ1) is 35.2. The summed E-state index contributed by atoms with van der Waals surface area (Å²) in [4.78, 5) is 38.2. The van der Waals surface area contributed by atoms with Crippen molar-refractivity contribution in [2.75, 3.05) is 31.5 Å². The molecule has 1 saturated carbocycles. The number of hydrogen-bond donors (Lipinski definition) is 3. The highest BCUT2D eigenvalue weighted by Gasteiger charge is 2.30. The maximum Gasteiger partial charge on any atom is 0.307 e. The molecule has 0 bridgehead atoms. The zero-order valence-electron chi connectivity index (χ0n) is 29.7. The molecular weight excluding hydrogens is 653 g/mol. The van der Waals surface area contributed by atoms with Crippen LogP contribution in [0.5, 0.6) is 0 Å². The van der Waals surface area contributed by atoms with Crippen molar-refractivity contribution in [3.05, 3.63) is 111 Å². The maximum atomic E-state index is 13.2. The maximum absolute atomic E-state index is 13.2. The number of carbonyl (C=O) groups excluding carboxylic acids is 1. The van der Waals surface area contributed by atoms with Crippen LogP contribution < -0.4 is 5.32 Å². The fraction of sp³-hybridized carbons (Fsp3) is 0.357. The van der Waals surface area contributed by atoms with E-state index in [1.807, 2.05) is 43.3 Å². The number of β-amino-alcohol motifs (C(OH)–C–C–N with tert-alkyl or cyclic N) is 1. The van der Waals surface area contributed by atoms with E-state index >= 15 is 0 Å². The number of hydrogen-bond acceptors (Lipinski definition) is 8. The summed E-state index contributed by atoms with van der Waals surface area (Å²) in [5.41, 5.74) is 10.1. The van der Waals surface area contributed by atoms with Crippen LogP contribution in [0.1, 0.15) is 86.7 Å². The Morgan fingerprint density at radius 1 is 0.962 bits per heavy atom. The predicted molar refractivity (Wildman–Crippen MR) is 200 cm³/mol. The third kappa shape index (κ3) is 7.82. The number of carboxylic acid groups (broad SMARTS) is 1. The molecule has 4 heterocycles. The second-order valence-corrected chi connectivity index (χ2v) is 14.5. The van der Waals surface area contributed by atoms with E-state index in [2.05, 4.69) is 56.3 Å². The summed E-state index contributed by atoms with van der Waals surface area (Å²) in [7, 11) is 0. The largest absolute Gasteiger partial charge is 0.481 e. The molecular formula is C42H44N6O4. The van der Waals surface area contributed by atoms with Gasteiger partial charge in [-0.15, -0.1) is 0 Å². The molecule has 10 nitrogen and oxygen atoms in total. The smallest absolute Gasteiger partial charge is 0.307 e. The number of amides is 1. The van der Waals surface area contributed by atoms with Crippen LogP contribution >= 0.6 is 0 Å². The number of pyridine rings is 2. The minimum Gasteiger partial charge on any atom is -0.481 e. The quantitative estimate of drug-likeness (QED) is 0.162. The highest BCUT2D eigenvalue weighted by molar-refractivity contribution is 6.04. The Hall–Kier alpha value is -5.21. The number of likely N-dealkylation sites (tertiary alicyclic amines) is 2. The monoisotopic (exact) mass is 696 g/mol. The van der Waals surface area contributed by atoms with E-state index in [0.717, 1.165) is 72.3 Å². The average Bonchev–Trinajstić information content (AvgIpc) is 3.73. The van der Waals surface area contributed by atoms with Crippen LogP contribution in [0.15, 0.2) is 60.9 Å². The number of nitrogens with one attached hydrogen (secondary N) is 1. The van der Waals surface area contributed by atoms with Gasteiger partial charge in [-0.25, -0.2) is 0 Å². The molecule has 2 saturated heterocycles. The highest BCUT2D eigenvalue weighted by Crippen LogP contribution is 2.43. The summed E-state index contributed by atoms with van der Waals surface area (Å²) >= 11 is 0. The molecule has 0 radical (unpaired) electrons. The van der Waals surface area contributed by atoms with E-state index in [1.54, 1.807) is 18.5 Å². The first-order chi connectivity index (χ1) is 25.2. The Morgan fingerprint density at radius 3 is 2.46 bits per heavy atom. The van der Waals surface area contributed by atoms with Crippen LogP contribution in [0.2, 0.25) is 0 Å². The number of rotatable bonds is 11. The summed E-state index contributed by atoms with van der Waals surface area (Å²) < 4.78 is 0. The molecule has 52 heavy (non-hydrogen) atoms. The van der Waals surface area contributed by atoms with Crippen molar-refractivity contribution in [2.24, 2.45) is 5.92 Å². The SMILES string of the molecule is Cc1cc(/C=C/c2nccc(-c3cccc(NC(=O)c4ccc(CN5CCC(O)C5)cn4)c3C)c2C#N)c(C2CC2)cc1CN1CCC(C(=O)O)C1. The van der Waals surface area contributed by atoms with Gasteiger partial charge in [-0.3, -0.25) is 29.4 Å². The average molecular weight is 697 g/mol. The number of aromatic nitrogens is 2. The zero-order chi connectivity index (χ0) is 36.4. The number of aliphatic carboxylic acids is 1. The van der Waals surface area contributed by atoms with Gasteiger partial charge in [0.1, 0.15) is 11.8 Å². The van der Waals surface area contributed by atoms with Crippen molar-refractivity contribution in [1.82, 2.24) is 19.8 Å². The molecule has 0 spiro atoms. The van der Waals surface area contributed by atoms with E-state index in [0.29, 0.717) is 54.6 Å². The van der Waals surface area contributed by atoms with Gasteiger partial charge in [-0.1, -0.05) is 36.4 Å². The van der Waals surface area contributed by atoms with Crippen molar-refractivity contribution < 1.29 is 19.8 Å². The van der Waals surface area contributed by atoms with Gasteiger partial charge in [0.15, 0.2) is 0 Å². The van der Waals surface area contributed by atoms with Gasteiger partial charge in [-0.05, 0) is 115 Å². The molecule has 3 aliphatic rings. The van der Waals surface area contributed by atoms with Gasteiger partial charge >= 0.3 is 5.97 Å². The van der Waals surface area contributed by atoms with Gasteiger partial charge in [0.05, 0.1) is 23.3 Å². The van der Waals surface area contributed by atoms with E-state index < -0.39 is 5.97 Å². The number of nitrogens with zero attached hydrogens (tertiary/aromatic N) is 5. The Labute approximate surface area is 304 Å². The number of benzene rings is 2. The number of nitriles is 1. The zero-order valence-corrected chi connectivity index (χ0v) is 29.7. The Balaban J connectivity index is 1.09. The van der Waals surface area contributed by atoms with Gasteiger partial charge < -0.3 is 15.5 Å². The second-order valence-electron chi connectivity index (χ2n) is 14.5. The molecule has 1 amide bonds. The molecule has 10 heteroatoms. The van der Waals surface area contributed by atoms with Crippen LogP contribution in [0.25, 0.3) is 23.3 Å². The topological polar surface area (TPSA) is 143 Å². The molecule has 2 unspecified atom stereocenters. The first-order valence-corrected chi connectivity index (χ1v) is 18.1. The van der Waals surface area contributed by atoms with Crippen LogP contribution in [-0.4, -0.2) is 74.1 Å². The molecule has 2 aromatic heterocycles. The molecule has 2 aliphatic heterocycles. The van der Waals surface area contributed by atoms with Crippen molar-refractivity contribution in [3.63, 3.8) is 0 Å². The number of anilines is 1. The summed E-state index contributed by atoms with van der Waals surface area (Å²) in [5, 5.41) is 32.7. The van der Waals surface area contributed by atoms with Gasteiger partial charge in [0.2, 0.25) is 0 Å². The number of aliphatic hydroxyl groups is 1. The lowest BCUT2D eigenvalue weighted by Gasteiger charge is -2.19. The van der Waals surface area contributed by atoms with E-state index in [4.69, 9.17) is 0 Å². The standard InChI is InChI=1S/C42H44N6O4/c1-26-18-30(36(29-7-8-29)19-32(26)24-48-16-13-31(23-48)42(51)52)9-11-39-37(20-43)35(12-15-44-39)34-4-3-5-38(27(34)2)46-41(50)40-10-6-28(21-45-40)22-47-17-14-33(49)25-47/h3-6,9-12,15,18-19,21,29,31,33,49H,7-8,13-14,16-17,22-25H2,1-2H3,(H,46,50)(H,51,52)/b11-9+. The van der Waals surface area contributed by atoms with E-state index in [9.17, 15) is 25.1 Å². The summed E-state index contributed by atoms with van der Waals surface area (Å²) in [5.74, 6) is -0.831.